The number of hydrogen-bond acceptors (Lipinski definition) is 4. The Morgan fingerprint density at radius 1 is 0.609 bits per heavy atom. The number of rotatable bonds is 5. The molecule has 0 aliphatic carbocycles. The van der Waals surface area contributed by atoms with Crippen LogP contribution in [0.25, 0.3) is 0 Å². The van der Waals surface area contributed by atoms with Crippen molar-refractivity contribution in [3.8, 4) is 0 Å². The highest BCUT2D eigenvalue weighted by Crippen LogP contribution is 2.18. The fraction of sp³-hybridized carbons (Fsp3) is 0. The Morgan fingerprint density at radius 3 is 1.74 bits per heavy atom. The molecule has 0 saturated carbocycles. The topological polar surface area (TPSA) is 129 Å². The Morgan fingerprint density at radius 2 is 1.17 bits per heavy atom. The van der Waals surface area contributed by atoms with Gasteiger partial charge in [-0.15, -0.1) is 0 Å². The Bertz CT molecular complexity index is 836. The van der Waals surface area contributed by atoms with Crippen LogP contribution in [0.4, 0.5) is 0 Å². The summed E-state index contributed by atoms with van der Waals surface area (Å²) in [7, 11) is 0. The second-order valence-corrected chi connectivity index (χ2v) is 4.59. The molecule has 0 radical (unpaired) electrons. The highest BCUT2D eigenvalue weighted by Gasteiger charge is 2.21. The van der Waals surface area contributed by atoms with Crippen LogP contribution in [0.5, 0.6) is 0 Å². The van der Waals surface area contributed by atoms with E-state index in [1.165, 1.54) is 18.2 Å². The van der Waals surface area contributed by atoms with E-state index in [2.05, 4.69) is 0 Å². The number of benzene rings is 2. The molecule has 2 rings (SSSR count). The van der Waals surface area contributed by atoms with Gasteiger partial charge in [0.25, 0.3) is 0 Å². The standard InChI is InChI=1S/C16H10O7/c17-13(8-2-1-3-9(6-8)14(18)19)12-7-10(15(20)21)4-5-11(12)16(22)23/h1-7H,(H,18,19)(H,20,21)(H,22,23). The number of carboxylic acid groups (broad SMARTS) is 3. The van der Waals surface area contributed by atoms with Crippen LogP contribution in [-0.4, -0.2) is 39.0 Å². The van der Waals surface area contributed by atoms with Gasteiger partial charge in [0.1, 0.15) is 0 Å². The minimum Gasteiger partial charge on any atom is -0.478 e. The quantitative estimate of drug-likeness (QED) is 0.720. The maximum atomic E-state index is 12.5. The lowest BCUT2D eigenvalue weighted by Crippen LogP contribution is -2.12. The van der Waals surface area contributed by atoms with Crippen LogP contribution in [0.15, 0.2) is 42.5 Å². The van der Waals surface area contributed by atoms with Crippen LogP contribution in [0.1, 0.15) is 47.0 Å². The predicted molar refractivity (Wildman–Crippen MR) is 77.2 cm³/mol. The first-order valence-corrected chi connectivity index (χ1v) is 6.30. The molecular formula is C16H10O7. The van der Waals surface area contributed by atoms with Crippen molar-refractivity contribution < 1.29 is 34.5 Å². The highest BCUT2D eigenvalue weighted by atomic mass is 16.4. The molecule has 0 aliphatic rings. The van der Waals surface area contributed by atoms with Crippen molar-refractivity contribution in [3.63, 3.8) is 0 Å². The summed E-state index contributed by atoms with van der Waals surface area (Å²) >= 11 is 0. The third kappa shape index (κ3) is 3.24. The van der Waals surface area contributed by atoms with Crippen LogP contribution in [0, 0.1) is 0 Å². The zero-order chi connectivity index (χ0) is 17.1. The first-order valence-electron chi connectivity index (χ1n) is 6.30. The van der Waals surface area contributed by atoms with E-state index in [1.807, 2.05) is 0 Å². The first-order chi connectivity index (χ1) is 10.8. The van der Waals surface area contributed by atoms with E-state index in [4.69, 9.17) is 15.3 Å². The molecule has 2 aromatic rings. The molecule has 2 aromatic carbocycles. The Hall–Kier alpha value is -3.48. The molecule has 0 aromatic heterocycles. The van der Waals surface area contributed by atoms with Gasteiger partial charge in [-0.05, 0) is 30.3 Å². The molecule has 0 bridgehead atoms. The lowest BCUT2D eigenvalue weighted by molar-refractivity contribution is 0.0679. The van der Waals surface area contributed by atoms with Gasteiger partial charge in [0.05, 0.1) is 16.7 Å². The number of carbonyl (C=O) groups is 4. The van der Waals surface area contributed by atoms with Crippen LogP contribution in [0.2, 0.25) is 0 Å². The van der Waals surface area contributed by atoms with Crippen molar-refractivity contribution in [3.05, 3.63) is 70.3 Å². The third-order valence-electron chi connectivity index (χ3n) is 3.11. The van der Waals surface area contributed by atoms with Crippen molar-refractivity contribution >= 4 is 23.7 Å². The summed E-state index contributed by atoms with van der Waals surface area (Å²) in [5.41, 5.74) is -1.11. The Kier molecular flexibility index (Phi) is 4.22. The number of carboxylic acids is 3. The first kappa shape index (κ1) is 15.9. The van der Waals surface area contributed by atoms with Crippen LogP contribution in [0.3, 0.4) is 0 Å². The molecule has 0 atom stereocenters. The molecule has 0 aliphatic heterocycles. The lowest BCUT2D eigenvalue weighted by atomic mass is 9.95. The van der Waals surface area contributed by atoms with E-state index >= 15 is 0 Å². The Balaban J connectivity index is 2.59. The molecule has 0 heterocycles. The van der Waals surface area contributed by atoms with Gasteiger partial charge < -0.3 is 15.3 Å². The zero-order valence-electron chi connectivity index (χ0n) is 11.5. The van der Waals surface area contributed by atoms with Crippen LogP contribution in [-0.2, 0) is 0 Å². The molecule has 0 saturated heterocycles. The molecule has 23 heavy (non-hydrogen) atoms. The fourth-order valence-corrected chi connectivity index (χ4v) is 2.00. The third-order valence-corrected chi connectivity index (χ3v) is 3.11. The lowest BCUT2D eigenvalue weighted by Gasteiger charge is -2.07. The van der Waals surface area contributed by atoms with E-state index in [1.54, 1.807) is 0 Å². The van der Waals surface area contributed by atoms with E-state index in [9.17, 15) is 19.2 Å². The van der Waals surface area contributed by atoms with E-state index < -0.39 is 23.7 Å². The van der Waals surface area contributed by atoms with Gasteiger partial charge in [0, 0.05) is 11.1 Å². The van der Waals surface area contributed by atoms with Gasteiger partial charge in [0.2, 0.25) is 0 Å². The minimum atomic E-state index is -1.39. The van der Waals surface area contributed by atoms with E-state index in [0.29, 0.717) is 0 Å². The van der Waals surface area contributed by atoms with Crippen molar-refractivity contribution in [2.24, 2.45) is 0 Å². The summed E-state index contributed by atoms with van der Waals surface area (Å²) in [6, 6.07) is 8.12. The van der Waals surface area contributed by atoms with Gasteiger partial charge in [-0.1, -0.05) is 12.1 Å². The summed E-state index contributed by atoms with van der Waals surface area (Å²) in [6.45, 7) is 0. The smallest absolute Gasteiger partial charge is 0.336 e. The molecule has 7 heteroatoms. The second kappa shape index (κ2) is 6.10. The molecule has 0 unspecified atom stereocenters. The molecular weight excluding hydrogens is 304 g/mol. The number of hydrogen-bond donors (Lipinski definition) is 3. The molecule has 0 spiro atoms. The van der Waals surface area contributed by atoms with Crippen LogP contribution >= 0.6 is 0 Å². The molecule has 0 amide bonds. The largest absolute Gasteiger partial charge is 0.478 e. The predicted octanol–water partition coefficient (Wildman–Crippen LogP) is 2.01. The zero-order valence-corrected chi connectivity index (χ0v) is 11.5. The summed E-state index contributed by atoms with van der Waals surface area (Å²) in [5.74, 6) is -4.71. The summed E-state index contributed by atoms with van der Waals surface area (Å²) in [4.78, 5) is 45.6. The number of ketones is 1. The average molecular weight is 314 g/mol. The monoisotopic (exact) mass is 314 g/mol. The van der Waals surface area contributed by atoms with Crippen molar-refractivity contribution in [2.75, 3.05) is 0 Å². The molecule has 0 fully saturated rings. The van der Waals surface area contributed by atoms with Gasteiger partial charge in [-0.2, -0.15) is 0 Å². The van der Waals surface area contributed by atoms with Gasteiger partial charge in [-0.25, -0.2) is 14.4 Å². The Labute approximate surface area is 129 Å². The second-order valence-electron chi connectivity index (χ2n) is 4.59. The normalized spacial score (nSPS) is 10.1. The maximum Gasteiger partial charge on any atom is 0.336 e. The van der Waals surface area contributed by atoms with E-state index in [-0.39, 0.29) is 27.8 Å². The average Bonchev–Trinajstić information content (AvgIpc) is 2.53. The highest BCUT2D eigenvalue weighted by molar-refractivity contribution is 6.15. The van der Waals surface area contributed by atoms with Gasteiger partial charge >= 0.3 is 17.9 Å². The van der Waals surface area contributed by atoms with Crippen LogP contribution < -0.4 is 0 Å². The molecule has 7 nitrogen and oxygen atoms in total. The van der Waals surface area contributed by atoms with Crippen molar-refractivity contribution in [1.29, 1.82) is 0 Å². The van der Waals surface area contributed by atoms with E-state index in [0.717, 1.165) is 24.3 Å². The van der Waals surface area contributed by atoms with Gasteiger partial charge in [0.15, 0.2) is 5.78 Å². The fourth-order valence-electron chi connectivity index (χ4n) is 2.00. The van der Waals surface area contributed by atoms with Crippen molar-refractivity contribution in [1.82, 2.24) is 0 Å². The molecule has 116 valence electrons. The van der Waals surface area contributed by atoms with Gasteiger partial charge in [-0.3, -0.25) is 4.79 Å². The summed E-state index contributed by atoms with van der Waals surface area (Å²) in [5, 5.41) is 27.0. The summed E-state index contributed by atoms with van der Waals surface area (Å²) in [6.07, 6.45) is 0. The minimum absolute atomic E-state index is 0.0464. The molecule has 3 N–H and O–H groups in total. The maximum absolute atomic E-state index is 12.5. The number of carbonyl (C=O) groups excluding carboxylic acids is 1. The number of aromatic carboxylic acids is 3. The summed E-state index contributed by atoms with van der Waals surface area (Å²) < 4.78 is 0. The van der Waals surface area contributed by atoms with Crippen molar-refractivity contribution in [2.45, 2.75) is 0 Å². The SMILES string of the molecule is O=C(O)c1cccc(C(=O)c2cc(C(=O)O)ccc2C(=O)O)c1.